The number of hydrogen-bond donors (Lipinski definition) is 4. The second kappa shape index (κ2) is 9.50. The number of hydrogen-bond acceptors (Lipinski definition) is 4. The molecule has 5 rings (SSSR count). The number of nitrogens with one attached hydrogen (secondary N) is 3. The Labute approximate surface area is 203 Å². The minimum atomic E-state index is -0.510. The molecule has 2 atom stereocenters. The Bertz CT molecular complexity index is 1290. The molecule has 2 aliphatic rings. The third kappa shape index (κ3) is 4.96. The highest BCUT2D eigenvalue weighted by atomic mass is 16.2. The van der Waals surface area contributed by atoms with Crippen LogP contribution in [0.25, 0.3) is 11.1 Å². The van der Waals surface area contributed by atoms with Crippen LogP contribution in [0.5, 0.6) is 0 Å². The summed E-state index contributed by atoms with van der Waals surface area (Å²) in [5.74, 6) is -0.0222. The molecule has 8 nitrogen and oxygen atoms in total. The topological polar surface area (TPSA) is 114 Å². The first kappa shape index (κ1) is 22.5. The van der Waals surface area contributed by atoms with Crippen molar-refractivity contribution in [2.45, 2.75) is 37.8 Å². The Hall–Kier alpha value is -4.33. The van der Waals surface area contributed by atoms with Gasteiger partial charge >= 0.3 is 6.03 Å². The van der Waals surface area contributed by atoms with E-state index in [0.717, 1.165) is 36.9 Å². The Kier molecular flexibility index (Phi) is 6.10. The van der Waals surface area contributed by atoms with Gasteiger partial charge in [-0.3, -0.25) is 9.48 Å². The van der Waals surface area contributed by atoms with E-state index >= 15 is 0 Å². The van der Waals surface area contributed by atoms with Crippen LogP contribution in [0.1, 0.15) is 36.3 Å². The predicted octanol–water partition coefficient (Wildman–Crippen LogP) is 3.35. The van der Waals surface area contributed by atoms with Crippen molar-refractivity contribution < 1.29 is 9.59 Å². The molecule has 3 amide bonds. The van der Waals surface area contributed by atoms with Gasteiger partial charge in [0.15, 0.2) is 0 Å². The van der Waals surface area contributed by atoms with Crippen LogP contribution in [0.15, 0.2) is 90.7 Å². The molecule has 0 bridgehead atoms. The van der Waals surface area contributed by atoms with Crippen molar-refractivity contribution in [2.75, 3.05) is 0 Å². The van der Waals surface area contributed by atoms with Crippen LogP contribution in [-0.4, -0.2) is 27.8 Å². The molecule has 0 unspecified atom stereocenters. The second-order valence-electron chi connectivity index (χ2n) is 9.06. The first-order chi connectivity index (χ1) is 17.0. The van der Waals surface area contributed by atoms with E-state index in [-0.39, 0.29) is 29.0 Å². The molecular formula is C27H28N6O2. The largest absolute Gasteiger partial charge is 0.395 e. The molecular weight excluding hydrogens is 440 g/mol. The van der Waals surface area contributed by atoms with Crippen molar-refractivity contribution in [1.82, 2.24) is 25.7 Å². The Morgan fingerprint density at radius 1 is 1.09 bits per heavy atom. The van der Waals surface area contributed by atoms with E-state index in [4.69, 9.17) is 5.73 Å². The van der Waals surface area contributed by atoms with Gasteiger partial charge in [0.25, 0.3) is 5.91 Å². The summed E-state index contributed by atoms with van der Waals surface area (Å²) in [7, 11) is 0. The van der Waals surface area contributed by atoms with E-state index in [1.54, 1.807) is 0 Å². The first-order valence-corrected chi connectivity index (χ1v) is 11.7. The highest BCUT2D eigenvalue weighted by Crippen LogP contribution is 2.35. The van der Waals surface area contributed by atoms with Crippen molar-refractivity contribution in [3.05, 3.63) is 102 Å². The molecule has 178 valence electrons. The molecule has 1 aliphatic carbocycles. The molecule has 1 aromatic heterocycles. The zero-order chi connectivity index (χ0) is 24.4. The molecule has 1 saturated carbocycles. The monoisotopic (exact) mass is 468 g/mol. The number of nitrogens with two attached hydrogens (primary N) is 1. The van der Waals surface area contributed by atoms with Gasteiger partial charge in [-0.25, -0.2) is 4.79 Å². The van der Waals surface area contributed by atoms with Gasteiger partial charge in [-0.15, -0.1) is 0 Å². The third-order valence-electron chi connectivity index (χ3n) is 6.63. The molecule has 3 aromatic rings. The van der Waals surface area contributed by atoms with Gasteiger partial charge in [0, 0.05) is 17.8 Å². The van der Waals surface area contributed by atoms with Gasteiger partial charge in [-0.2, -0.15) is 5.10 Å². The van der Waals surface area contributed by atoms with Crippen molar-refractivity contribution in [3.63, 3.8) is 0 Å². The molecule has 0 spiro atoms. The van der Waals surface area contributed by atoms with Crippen molar-refractivity contribution >= 4 is 11.9 Å². The van der Waals surface area contributed by atoms with Crippen LogP contribution in [0, 0.1) is 0 Å². The number of urea groups is 1. The summed E-state index contributed by atoms with van der Waals surface area (Å²) in [5.41, 5.74) is 11.0. The summed E-state index contributed by atoms with van der Waals surface area (Å²) in [6, 6.07) is 18.4. The zero-order valence-electron chi connectivity index (χ0n) is 19.3. The van der Waals surface area contributed by atoms with Gasteiger partial charge < -0.3 is 21.7 Å². The summed E-state index contributed by atoms with van der Waals surface area (Å²) in [5, 5.41) is 12.4. The standard InChI is InChI=1S/C27H28N6O2/c1-17-24(28)25(32-27(35)30-17)26(34)31-23-12-11-21(13-23)19-7-9-20(10-8-19)22-14-29-33(16-22)15-18-5-3-2-4-6-18/h2-10,14,16,21,23H,1,11-13,15,28H2,(H,31,34)(H2,30,32,35)/t21-,23+/m0/s1. The molecule has 1 fully saturated rings. The van der Waals surface area contributed by atoms with E-state index in [1.807, 2.05) is 29.1 Å². The smallest absolute Gasteiger partial charge is 0.323 e. The molecule has 0 radical (unpaired) electrons. The lowest BCUT2D eigenvalue weighted by Crippen LogP contribution is -2.48. The Morgan fingerprint density at radius 2 is 1.86 bits per heavy atom. The normalized spacial score (nSPS) is 19.9. The Balaban J connectivity index is 1.19. The van der Waals surface area contributed by atoms with Gasteiger partial charge in [-0.05, 0) is 41.9 Å². The van der Waals surface area contributed by atoms with E-state index in [9.17, 15) is 9.59 Å². The lowest BCUT2D eigenvalue weighted by atomic mass is 9.95. The second-order valence-corrected chi connectivity index (χ2v) is 9.06. The molecule has 2 heterocycles. The summed E-state index contributed by atoms with van der Waals surface area (Å²) >= 11 is 0. The maximum atomic E-state index is 12.7. The number of amides is 3. The fourth-order valence-electron chi connectivity index (χ4n) is 4.74. The fraction of sp³-hybridized carbons (Fsp3) is 0.222. The third-order valence-corrected chi connectivity index (χ3v) is 6.63. The average Bonchev–Trinajstić information content (AvgIpc) is 3.52. The number of carbonyl (C=O) groups is 2. The van der Waals surface area contributed by atoms with E-state index in [0.29, 0.717) is 5.92 Å². The lowest BCUT2D eigenvalue weighted by molar-refractivity contribution is -0.118. The van der Waals surface area contributed by atoms with Gasteiger partial charge in [0.2, 0.25) is 0 Å². The van der Waals surface area contributed by atoms with Crippen LogP contribution in [0.3, 0.4) is 0 Å². The fourth-order valence-corrected chi connectivity index (χ4v) is 4.74. The van der Waals surface area contributed by atoms with Gasteiger partial charge in [0.05, 0.1) is 24.1 Å². The van der Waals surface area contributed by atoms with E-state index < -0.39 is 6.03 Å². The highest BCUT2D eigenvalue weighted by molar-refractivity contribution is 6.00. The van der Waals surface area contributed by atoms with Gasteiger partial charge in [-0.1, -0.05) is 61.2 Å². The molecule has 0 saturated heterocycles. The quantitative estimate of drug-likeness (QED) is 0.444. The summed E-state index contributed by atoms with van der Waals surface area (Å²) < 4.78 is 1.95. The van der Waals surface area contributed by atoms with Crippen molar-refractivity contribution in [1.29, 1.82) is 0 Å². The predicted molar refractivity (Wildman–Crippen MR) is 134 cm³/mol. The van der Waals surface area contributed by atoms with E-state index in [2.05, 4.69) is 70.2 Å². The Morgan fingerprint density at radius 3 is 2.63 bits per heavy atom. The van der Waals surface area contributed by atoms with Crippen LogP contribution < -0.4 is 21.7 Å². The molecule has 1 aliphatic heterocycles. The minimum Gasteiger partial charge on any atom is -0.395 e. The van der Waals surface area contributed by atoms with Crippen LogP contribution in [-0.2, 0) is 11.3 Å². The maximum Gasteiger partial charge on any atom is 0.323 e. The van der Waals surface area contributed by atoms with Crippen molar-refractivity contribution in [3.8, 4) is 11.1 Å². The SMILES string of the molecule is C=C1NC(=O)NC(C(=O)N[C@@H]2CC[C@H](c3ccc(-c4cnn(Cc5ccccc5)c4)cc3)C2)=C1N. The summed E-state index contributed by atoms with van der Waals surface area (Å²) in [6.07, 6.45) is 6.64. The van der Waals surface area contributed by atoms with Crippen molar-refractivity contribution in [2.24, 2.45) is 5.73 Å². The minimum absolute atomic E-state index is 0.0174. The van der Waals surface area contributed by atoms with Crippen LogP contribution in [0.2, 0.25) is 0 Å². The van der Waals surface area contributed by atoms with E-state index in [1.165, 1.54) is 11.1 Å². The average molecular weight is 469 g/mol. The van der Waals surface area contributed by atoms with Crippen LogP contribution >= 0.6 is 0 Å². The number of benzene rings is 2. The summed E-state index contributed by atoms with van der Waals surface area (Å²) in [4.78, 5) is 24.3. The van der Waals surface area contributed by atoms with Crippen LogP contribution in [0.4, 0.5) is 4.79 Å². The summed E-state index contributed by atoms with van der Waals surface area (Å²) in [6.45, 7) is 4.41. The molecule has 5 N–H and O–H groups in total. The molecule has 2 aromatic carbocycles. The lowest BCUT2D eigenvalue weighted by Gasteiger charge is -2.22. The number of carbonyl (C=O) groups excluding carboxylic acids is 2. The van der Waals surface area contributed by atoms with Gasteiger partial charge in [0.1, 0.15) is 5.70 Å². The number of aromatic nitrogens is 2. The molecule has 8 heteroatoms. The number of nitrogens with zero attached hydrogens (tertiary/aromatic N) is 2. The number of rotatable bonds is 6. The first-order valence-electron chi connectivity index (χ1n) is 11.7. The zero-order valence-corrected chi connectivity index (χ0v) is 19.3. The highest BCUT2D eigenvalue weighted by Gasteiger charge is 2.30. The maximum absolute atomic E-state index is 12.7. The molecule has 35 heavy (non-hydrogen) atoms.